The highest BCUT2D eigenvalue weighted by Crippen LogP contribution is 2.33. The first kappa shape index (κ1) is 15.8. The first-order valence-electron chi connectivity index (χ1n) is 7.37. The third-order valence-corrected chi connectivity index (χ3v) is 5.49. The van der Waals surface area contributed by atoms with Crippen LogP contribution in [0.15, 0.2) is 33.6 Å². The van der Waals surface area contributed by atoms with Gasteiger partial charge in [-0.05, 0) is 55.4 Å². The summed E-state index contributed by atoms with van der Waals surface area (Å²) >= 11 is 4.49. The number of carbonyl (C=O) groups is 2. The Hall–Kier alpha value is -1.11. The van der Waals surface area contributed by atoms with E-state index in [2.05, 4.69) is 20.8 Å². The zero-order valence-electron chi connectivity index (χ0n) is 12.1. The van der Waals surface area contributed by atoms with E-state index < -0.39 is 0 Å². The molecule has 0 unspecified atom stereocenters. The Morgan fingerprint density at radius 2 is 1.86 bits per heavy atom. The maximum Gasteiger partial charge on any atom is 0.294 e. The highest BCUT2D eigenvalue weighted by atomic mass is 79.9. The quantitative estimate of drug-likeness (QED) is 0.744. The first-order chi connectivity index (χ1) is 10.6. The summed E-state index contributed by atoms with van der Waals surface area (Å²) in [7, 11) is 0. The van der Waals surface area contributed by atoms with Gasteiger partial charge in [0.1, 0.15) is 0 Å². The summed E-state index contributed by atoms with van der Waals surface area (Å²) in [5, 5.41) is -0.172. The SMILES string of the molecule is O=C1SC(=Cc2ccccc2Br)C(=O)N1CN1CCCCC1. The maximum atomic E-state index is 12.5. The summed E-state index contributed by atoms with van der Waals surface area (Å²) in [5.74, 6) is -0.184. The summed E-state index contributed by atoms with van der Waals surface area (Å²) in [6, 6.07) is 7.67. The van der Waals surface area contributed by atoms with E-state index in [0.29, 0.717) is 11.6 Å². The van der Waals surface area contributed by atoms with Crippen molar-refractivity contribution in [3.8, 4) is 0 Å². The lowest BCUT2D eigenvalue weighted by atomic mass is 10.1. The average molecular weight is 381 g/mol. The maximum absolute atomic E-state index is 12.5. The Morgan fingerprint density at radius 3 is 2.59 bits per heavy atom. The number of carbonyl (C=O) groups excluding carboxylic acids is 2. The number of hydrogen-bond donors (Lipinski definition) is 0. The molecule has 2 saturated heterocycles. The van der Waals surface area contributed by atoms with Crippen LogP contribution in [0.1, 0.15) is 24.8 Å². The number of amides is 2. The number of imide groups is 1. The number of hydrogen-bond acceptors (Lipinski definition) is 4. The smallest absolute Gasteiger partial charge is 0.286 e. The molecule has 2 aliphatic rings. The van der Waals surface area contributed by atoms with Crippen molar-refractivity contribution in [1.82, 2.24) is 9.80 Å². The van der Waals surface area contributed by atoms with Crippen molar-refractivity contribution in [3.63, 3.8) is 0 Å². The first-order valence-corrected chi connectivity index (χ1v) is 8.98. The Labute approximate surface area is 142 Å². The van der Waals surface area contributed by atoms with E-state index in [1.54, 1.807) is 6.08 Å². The van der Waals surface area contributed by atoms with Crippen LogP contribution in [0.3, 0.4) is 0 Å². The van der Waals surface area contributed by atoms with E-state index in [1.807, 2.05) is 24.3 Å². The summed E-state index contributed by atoms with van der Waals surface area (Å²) in [6.45, 7) is 2.34. The van der Waals surface area contributed by atoms with E-state index in [-0.39, 0.29) is 11.1 Å². The van der Waals surface area contributed by atoms with Gasteiger partial charge in [-0.3, -0.25) is 19.4 Å². The molecule has 0 atom stereocenters. The van der Waals surface area contributed by atoms with Crippen molar-refractivity contribution in [2.45, 2.75) is 19.3 Å². The van der Waals surface area contributed by atoms with Gasteiger partial charge in [-0.1, -0.05) is 40.5 Å². The lowest BCUT2D eigenvalue weighted by molar-refractivity contribution is -0.124. The average Bonchev–Trinajstić information content (AvgIpc) is 2.78. The lowest BCUT2D eigenvalue weighted by Crippen LogP contribution is -2.42. The predicted octanol–water partition coefficient (Wildman–Crippen LogP) is 3.93. The summed E-state index contributed by atoms with van der Waals surface area (Å²) in [4.78, 5) is 28.6. The molecule has 2 aliphatic heterocycles. The summed E-state index contributed by atoms with van der Waals surface area (Å²) in [6.07, 6.45) is 5.30. The highest BCUT2D eigenvalue weighted by molar-refractivity contribution is 9.10. The van der Waals surface area contributed by atoms with Crippen LogP contribution in [-0.2, 0) is 4.79 Å². The Morgan fingerprint density at radius 1 is 1.14 bits per heavy atom. The van der Waals surface area contributed by atoms with Gasteiger partial charge in [-0.25, -0.2) is 0 Å². The Balaban J connectivity index is 1.75. The number of halogens is 1. The molecule has 2 amide bonds. The van der Waals surface area contributed by atoms with Crippen molar-refractivity contribution in [2.75, 3.05) is 19.8 Å². The molecule has 0 aromatic heterocycles. The molecule has 22 heavy (non-hydrogen) atoms. The molecule has 3 rings (SSSR count). The van der Waals surface area contributed by atoms with Crippen LogP contribution in [0.5, 0.6) is 0 Å². The third kappa shape index (κ3) is 3.45. The van der Waals surface area contributed by atoms with Crippen molar-refractivity contribution in [2.24, 2.45) is 0 Å². The minimum absolute atomic E-state index is 0.172. The second-order valence-electron chi connectivity index (χ2n) is 5.45. The molecule has 116 valence electrons. The third-order valence-electron chi connectivity index (χ3n) is 3.86. The zero-order valence-corrected chi connectivity index (χ0v) is 14.5. The van der Waals surface area contributed by atoms with Crippen LogP contribution in [0.25, 0.3) is 6.08 Å². The van der Waals surface area contributed by atoms with Gasteiger partial charge in [0.2, 0.25) is 0 Å². The Kier molecular flexibility index (Phi) is 5.00. The number of nitrogens with zero attached hydrogens (tertiary/aromatic N) is 2. The van der Waals surface area contributed by atoms with Gasteiger partial charge in [0.25, 0.3) is 11.1 Å². The molecule has 0 radical (unpaired) electrons. The van der Waals surface area contributed by atoms with Gasteiger partial charge in [-0.15, -0.1) is 0 Å². The minimum Gasteiger partial charge on any atom is -0.286 e. The van der Waals surface area contributed by atoms with E-state index in [4.69, 9.17) is 0 Å². The molecule has 2 heterocycles. The molecule has 1 aromatic carbocycles. The molecule has 0 saturated carbocycles. The largest absolute Gasteiger partial charge is 0.294 e. The molecule has 4 nitrogen and oxygen atoms in total. The van der Waals surface area contributed by atoms with Crippen molar-refractivity contribution < 1.29 is 9.59 Å². The normalized spacial score (nSPS) is 21.9. The van der Waals surface area contributed by atoms with Crippen LogP contribution in [0, 0.1) is 0 Å². The fourth-order valence-electron chi connectivity index (χ4n) is 2.66. The molecule has 0 aliphatic carbocycles. The topological polar surface area (TPSA) is 40.6 Å². The monoisotopic (exact) mass is 380 g/mol. The van der Waals surface area contributed by atoms with Gasteiger partial charge < -0.3 is 0 Å². The fraction of sp³-hybridized carbons (Fsp3) is 0.375. The van der Waals surface area contributed by atoms with Crippen molar-refractivity contribution in [3.05, 3.63) is 39.2 Å². The van der Waals surface area contributed by atoms with Crippen LogP contribution in [0.2, 0.25) is 0 Å². The number of thioether (sulfide) groups is 1. The molecule has 0 spiro atoms. The van der Waals surface area contributed by atoms with Crippen molar-refractivity contribution in [1.29, 1.82) is 0 Å². The van der Waals surface area contributed by atoms with Crippen LogP contribution in [0.4, 0.5) is 4.79 Å². The van der Waals surface area contributed by atoms with Gasteiger partial charge in [-0.2, -0.15) is 0 Å². The molecule has 1 aromatic rings. The van der Waals surface area contributed by atoms with Gasteiger partial charge in [0, 0.05) is 4.47 Å². The molecular formula is C16H17BrN2O2S. The van der Waals surface area contributed by atoms with Gasteiger partial charge in [0.15, 0.2) is 0 Å². The Bertz CT molecular complexity index is 626. The van der Waals surface area contributed by atoms with Gasteiger partial charge in [0.05, 0.1) is 11.6 Å². The van der Waals surface area contributed by atoms with E-state index in [9.17, 15) is 9.59 Å². The van der Waals surface area contributed by atoms with Crippen LogP contribution in [-0.4, -0.2) is 40.7 Å². The highest BCUT2D eigenvalue weighted by Gasteiger charge is 2.36. The van der Waals surface area contributed by atoms with Gasteiger partial charge >= 0.3 is 0 Å². The minimum atomic E-state index is -0.184. The molecule has 0 bridgehead atoms. The van der Waals surface area contributed by atoms with Crippen LogP contribution >= 0.6 is 27.7 Å². The standard InChI is InChI=1S/C16H17BrN2O2S/c17-13-7-3-2-6-12(13)10-14-15(20)19(16(21)22-14)11-18-8-4-1-5-9-18/h2-3,6-7,10H,1,4-5,8-9,11H2. The second-order valence-corrected chi connectivity index (χ2v) is 7.30. The van der Waals surface area contributed by atoms with Crippen molar-refractivity contribution >= 4 is 44.9 Å². The fourth-order valence-corrected chi connectivity index (χ4v) is 3.88. The van der Waals surface area contributed by atoms with E-state index in [1.165, 1.54) is 11.3 Å². The van der Waals surface area contributed by atoms with Crippen LogP contribution < -0.4 is 0 Å². The molecular weight excluding hydrogens is 364 g/mol. The van der Waals surface area contributed by atoms with E-state index in [0.717, 1.165) is 47.7 Å². The number of likely N-dealkylation sites (tertiary alicyclic amines) is 1. The number of piperidine rings is 1. The second kappa shape index (κ2) is 6.98. The number of rotatable bonds is 3. The lowest BCUT2D eigenvalue weighted by Gasteiger charge is -2.29. The predicted molar refractivity (Wildman–Crippen MR) is 92.2 cm³/mol. The molecule has 6 heteroatoms. The molecule has 2 fully saturated rings. The zero-order chi connectivity index (χ0) is 15.5. The summed E-state index contributed by atoms with van der Waals surface area (Å²) in [5.41, 5.74) is 0.908. The molecule has 0 N–H and O–H groups in total. The number of benzene rings is 1. The summed E-state index contributed by atoms with van der Waals surface area (Å²) < 4.78 is 0.915. The van der Waals surface area contributed by atoms with E-state index >= 15 is 0 Å².